The molecule has 1 aliphatic rings. The fourth-order valence-corrected chi connectivity index (χ4v) is 2.23. The van der Waals surface area contributed by atoms with Gasteiger partial charge in [0.1, 0.15) is 0 Å². The predicted molar refractivity (Wildman–Crippen MR) is 71.0 cm³/mol. The second-order valence-corrected chi connectivity index (χ2v) is 5.12. The summed E-state index contributed by atoms with van der Waals surface area (Å²) in [5.74, 6) is 1.01. The first kappa shape index (κ1) is 14.5. The molecule has 1 aliphatic heterocycles. The van der Waals surface area contributed by atoms with Gasteiger partial charge in [-0.15, -0.1) is 0 Å². The summed E-state index contributed by atoms with van der Waals surface area (Å²) in [5, 5.41) is 3.41. The number of rotatable bonds is 6. The number of amides is 1. The molecule has 0 aromatic rings. The van der Waals surface area contributed by atoms with Gasteiger partial charge in [0.2, 0.25) is 5.91 Å². The van der Waals surface area contributed by atoms with Crippen LogP contribution in [0.5, 0.6) is 0 Å². The lowest BCUT2D eigenvalue weighted by Gasteiger charge is -2.31. The van der Waals surface area contributed by atoms with Crippen molar-refractivity contribution < 1.29 is 4.79 Å². The molecule has 1 fully saturated rings. The Labute approximate surface area is 105 Å². The minimum absolute atomic E-state index is 0.207. The van der Waals surface area contributed by atoms with Gasteiger partial charge in [-0.2, -0.15) is 0 Å². The molecule has 1 N–H and O–H groups in total. The molecule has 4 heteroatoms. The molecular formula is C13H27N3O. The zero-order valence-electron chi connectivity index (χ0n) is 11.5. The summed E-state index contributed by atoms with van der Waals surface area (Å²) in [7, 11) is 3.62. The Hall–Kier alpha value is -0.610. The fourth-order valence-electron chi connectivity index (χ4n) is 2.23. The van der Waals surface area contributed by atoms with Gasteiger partial charge in [-0.1, -0.05) is 6.92 Å². The van der Waals surface area contributed by atoms with Crippen LogP contribution in [0.1, 0.15) is 26.2 Å². The van der Waals surface area contributed by atoms with E-state index in [2.05, 4.69) is 17.1 Å². The van der Waals surface area contributed by atoms with Crippen molar-refractivity contribution in [3.05, 3.63) is 0 Å². The van der Waals surface area contributed by atoms with Crippen molar-refractivity contribution in [2.45, 2.75) is 26.2 Å². The lowest BCUT2D eigenvalue weighted by molar-refractivity contribution is -0.128. The molecule has 1 heterocycles. The zero-order valence-corrected chi connectivity index (χ0v) is 11.5. The van der Waals surface area contributed by atoms with Gasteiger partial charge in [-0.05, 0) is 44.9 Å². The highest BCUT2D eigenvalue weighted by Crippen LogP contribution is 2.15. The van der Waals surface area contributed by atoms with Crippen molar-refractivity contribution in [2.24, 2.45) is 5.92 Å². The molecule has 1 rings (SSSR count). The van der Waals surface area contributed by atoms with E-state index in [0.29, 0.717) is 6.42 Å². The van der Waals surface area contributed by atoms with Gasteiger partial charge < -0.3 is 15.1 Å². The largest absolute Gasteiger partial charge is 0.349 e. The number of carbonyl (C=O) groups excluding carboxylic acids is 1. The molecule has 0 radical (unpaired) electrons. The monoisotopic (exact) mass is 241 g/mol. The van der Waals surface area contributed by atoms with E-state index in [1.54, 1.807) is 4.90 Å². The van der Waals surface area contributed by atoms with Gasteiger partial charge in [-0.25, -0.2) is 0 Å². The van der Waals surface area contributed by atoms with Crippen molar-refractivity contribution in [3.63, 3.8) is 0 Å². The topological polar surface area (TPSA) is 35.6 Å². The molecule has 0 atom stereocenters. The van der Waals surface area contributed by atoms with Crippen molar-refractivity contribution in [1.82, 2.24) is 15.1 Å². The summed E-state index contributed by atoms with van der Waals surface area (Å²) in [6, 6.07) is 0. The average Bonchev–Trinajstić information content (AvgIpc) is 2.35. The fraction of sp³-hybridized carbons (Fsp3) is 0.923. The number of nitrogens with zero attached hydrogens (tertiary/aromatic N) is 2. The quantitative estimate of drug-likeness (QED) is 0.698. The molecule has 100 valence electrons. The standard InChI is InChI=1S/C13H27N3O/c1-4-16-9-6-12(7-10-16)11-14-8-5-13(17)15(2)3/h12,14H,4-11H2,1-3H3. The molecule has 0 bridgehead atoms. The van der Waals surface area contributed by atoms with Crippen molar-refractivity contribution in [1.29, 1.82) is 0 Å². The Morgan fingerprint density at radius 3 is 2.53 bits per heavy atom. The van der Waals surface area contributed by atoms with E-state index in [1.165, 1.54) is 32.5 Å². The Morgan fingerprint density at radius 1 is 1.35 bits per heavy atom. The Bertz CT molecular complexity index is 223. The van der Waals surface area contributed by atoms with E-state index in [-0.39, 0.29) is 5.91 Å². The predicted octanol–water partition coefficient (Wildman–Crippen LogP) is 0.786. The highest BCUT2D eigenvalue weighted by molar-refractivity contribution is 5.75. The molecule has 0 unspecified atom stereocenters. The number of hydrogen-bond acceptors (Lipinski definition) is 3. The third-order valence-electron chi connectivity index (χ3n) is 3.60. The normalized spacial score (nSPS) is 18.3. The lowest BCUT2D eigenvalue weighted by Crippen LogP contribution is -2.37. The second kappa shape index (κ2) is 7.67. The number of likely N-dealkylation sites (tertiary alicyclic amines) is 1. The van der Waals surface area contributed by atoms with Crippen molar-refractivity contribution in [2.75, 3.05) is 46.8 Å². The van der Waals surface area contributed by atoms with Gasteiger partial charge in [0, 0.05) is 27.1 Å². The number of nitrogens with one attached hydrogen (secondary N) is 1. The van der Waals surface area contributed by atoms with Gasteiger partial charge in [0.05, 0.1) is 0 Å². The molecule has 1 saturated heterocycles. The average molecular weight is 241 g/mol. The SMILES string of the molecule is CCN1CCC(CNCCC(=O)N(C)C)CC1. The molecule has 0 aromatic carbocycles. The summed E-state index contributed by atoms with van der Waals surface area (Å²) >= 11 is 0. The van der Waals surface area contributed by atoms with E-state index in [0.717, 1.165) is 19.0 Å². The summed E-state index contributed by atoms with van der Waals surface area (Å²) in [6.07, 6.45) is 3.20. The van der Waals surface area contributed by atoms with E-state index in [9.17, 15) is 4.79 Å². The Morgan fingerprint density at radius 2 is 2.00 bits per heavy atom. The van der Waals surface area contributed by atoms with Crippen LogP contribution in [0.4, 0.5) is 0 Å². The second-order valence-electron chi connectivity index (χ2n) is 5.12. The van der Waals surface area contributed by atoms with Crippen LogP contribution >= 0.6 is 0 Å². The van der Waals surface area contributed by atoms with Crippen LogP contribution in [0.25, 0.3) is 0 Å². The van der Waals surface area contributed by atoms with Crippen LogP contribution in [-0.2, 0) is 4.79 Å². The summed E-state index contributed by atoms with van der Waals surface area (Å²) in [4.78, 5) is 15.5. The highest BCUT2D eigenvalue weighted by atomic mass is 16.2. The molecule has 4 nitrogen and oxygen atoms in total. The van der Waals surface area contributed by atoms with Crippen LogP contribution in [0.3, 0.4) is 0 Å². The molecule has 0 aromatic heterocycles. The zero-order chi connectivity index (χ0) is 12.7. The number of piperidine rings is 1. The summed E-state index contributed by atoms with van der Waals surface area (Å²) in [6.45, 7) is 7.76. The third kappa shape index (κ3) is 5.50. The maximum Gasteiger partial charge on any atom is 0.223 e. The first-order chi connectivity index (χ1) is 8.13. The highest BCUT2D eigenvalue weighted by Gasteiger charge is 2.17. The maximum atomic E-state index is 11.4. The first-order valence-electron chi connectivity index (χ1n) is 6.76. The minimum atomic E-state index is 0.207. The molecule has 0 aliphatic carbocycles. The van der Waals surface area contributed by atoms with Gasteiger partial charge >= 0.3 is 0 Å². The van der Waals surface area contributed by atoms with Gasteiger partial charge in [0.25, 0.3) is 0 Å². The first-order valence-corrected chi connectivity index (χ1v) is 6.76. The van der Waals surface area contributed by atoms with Crippen LogP contribution in [0, 0.1) is 5.92 Å². The third-order valence-corrected chi connectivity index (χ3v) is 3.60. The van der Waals surface area contributed by atoms with E-state index in [4.69, 9.17) is 0 Å². The number of hydrogen-bond donors (Lipinski definition) is 1. The lowest BCUT2D eigenvalue weighted by atomic mass is 9.97. The van der Waals surface area contributed by atoms with E-state index < -0.39 is 0 Å². The summed E-state index contributed by atoms with van der Waals surface area (Å²) in [5.41, 5.74) is 0. The van der Waals surface area contributed by atoms with Crippen LogP contribution in [-0.4, -0.2) is 62.5 Å². The van der Waals surface area contributed by atoms with Crippen LogP contribution in [0.2, 0.25) is 0 Å². The molecular weight excluding hydrogens is 214 g/mol. The van der Waals surface area contributed by atoms with Crippen molar-refractivity contribution >= 4 is 5.91 Å². The molecule has 1 amide bonds. The molecule has 17 heavy (non-hydrogen) atoms. The van der Waals surface area contributed by atoms with Crippen molar-refractivity contribution in [3.8, 4) is 0 Å². The van der Waals surface area contributed by atoms with Gasteiger partial charge in [-0.3, -0.25) is 4.79 Å². The van der Waals surface area contributed by atoms with Gasteiger partial charge in [0.15, 0.2) is 0 Å². The Balaban J connectivity index is 2.02. The molecule has 0 saturated carbocycles. The van der Waals surface area contributed by atoms with E-state index in [1.807, 2.05) is 14.1 Å². The maximum absolute atomic E-state index is 11.4. The van der Waals surface area contributed by atoms with Crippen LogP contribution < -0.4 is 5.32 Å². The van der Waals surface area contributed by atoms with E-state index >= 15 is 0 Å². The summed E-state index contributed by atoms with van der Waals surface area (Å²) < 4.78 is 0. The Kier molecular flexibility index (Phi) is 6.52. The number of carbonyl (C=O) groups is 1. The minimum Gasteiger partial charge on any atom is -0.349 e. The smallest absolute Gasteiger partial charge is 0.223 e. The molecule has 0 spiro atoms. The van der Waals surface area contributed by atoms with Crippen LogP contribution in [0.15, 0.2) is 0 Å².